The Morgan fingerprint density at radius 1 is 0.917 bits per heavy atom. The van der Waals surface area contributed by atoms with Crippen molar-refractivity contribution in [2.45, 2.75) is 71.5 Å². The minimum Gasteiger partial charge on any atom is -0.391 e. The second kappa shape index (κ2) is 15.6. The molecule has 264 valence electrons. The van der Waals surface area contributed by atoms with Crippen LogP contribution in [0.4, 0.5) is 35.1 Å². The summed E-state index contributed by atoms with van der Waals surface area (Å²) in [5.41, 5.74) is 1.16. The summed E-state index contributed by atoms with van der Waals surface area (Å²) in [5, 5.41) is 14.4. The van der Waals surface area contributed by atoms with Gasteiger partial charge in [-0.15, -0.1) is 0 Å². The van der Waals surface area contributed by atoms with E-state index in [1.807, 2.05) is 13.8 Å². The lowest BCUT2D eigenvalue weighted by Crippen LogP contribution is -2.54. The van der Waals surface area contributed by atoms with E-state index in [1.165, 1.54) is 6.08 Å². The second-order valence-corrected chi connectivity index (χ2v) is 12.1. The van der Waals surface area contributed by atoms with E-state index in [0.717, 1.165) is 12.1 Å². The molecule has 0 heterocycles. The quantitative estimate of drug-likeness (QED) is 0.192. The third-order valence-electron chi connectivity index (χ3n) is 8.19. The first-order valence-electron chi connectivity index (χ1n) is 15.4. The molecule has 4 N–H and O–H groups in total. The Kier molecular flexibility index (Phi) is 12.6. The largest absolute Gasteiger partial charge is 0.416 e. The standard InChI is InChI=1S/C34H39F8N3O3/c1-4-6-45(7-5-2)31(48)32(16-20(3)8-23(17-32)30(43)47)28(13-21-11-26(35)15-27(36)12-21)29(46)19-44-18-22-9-24(33(37,38)39)14-25(10-22)34(40,41)42/h8-12,14-16,28-29,44,46H,4-7,13,17-19H2,1-3H3,(H2,43,47)/t28-,29?,32?/m0/s1. The van der Waals surface area contributed by atoms with E-state index in [-0.39, 0.29) is 35.6 Å². The summed E-state index contributed by atoms with van der Waals surface area (Å²) < 4.78 is 109. The van der Waals surface area contributed by atoms with Gasteiger partial charge < -0.3 is 21.1 Å². The fraction of sp³-hybridized carbons (Fsp3) is 0.471. The third kappa shape index (κ3) is 9.65. The first-order valence-corrected chi connectivity index (χ1v) is 15.4. The van der Waals surface area contributed by atoms with Crippen LogP contribution in [0.1, 0.15) is 62.3 Å². The van der Waals surface area contributed by atoms with Crippen LogP contribution in [0.3, 0.4) is 0 Å². The Balaban J connectivity index is 2.10. The summed E-state index contributed by atoms with van der Waals surface area (Å²) in [7, 11) is 0. The molecule has 0 aliphatic heterocycles. The number of aliphatic hydroxyl groups is 1. The van der Waals surface area contributed by atoms with E-state index in [0.29, 0.717) is 49.7 Å². The van der Waals surface area contributed by atoms with Crippen molar-refractivity contribution in [2.24, 2.45) is 17.1 Å². The van der Waals surface area contributed by atoms with Gasteiger partial charge in [-0.1, -0.05) is 31.6 Å². The minimum absolute atomic E-state index is 0.00179. The van der Waals surface area contributed by atoms with Gasteiger partial charge >= 0.3 is 12.4 Å². The summed E-state index contributed by atoms with van der Waals surface area (Å²) in [4.78, 5) is 28.6. The number of primary amides is 1. The molecule has 2 aromatic carbocycles. The van der Waals surface area contributed by atoms with Crippen LogP contribution in [0.2, 0.25) is 0 Å². The van der Waals surface area contributed by atoms with Crippen molar-refractivity contribution in [1.29, 1.82) is 0 Å². The van der Waals surface area contributed by atoms with Crippen LogP contribution in [0.15, 0.2) is 59.7 Å². The Hall–Kier alpha value is -3.78. The van der Waals surface area contributed by atoms with Crippen molar-refractivity contribution in [2.75, 3.05) is 19.6 Å². The van der Waals surface area contributed by atoms with Gasteiger partial charge in [-0.05, 0) is 74.1 Å². The normalized spacial score (nSPS) is 18.2. The van der Waals surface area contributed by atoms with Crippen molar-refractivity contribution in [3.05, 3.63) is 93.6 Å². The van der Waals surface area contributed by atoms with Crippen LogP contribution in [-0.4, -0.2) is 47.6 Å². The zero-order chi connectivity index (χ0) is 36.0. The molecule has 0 spiro atoms. The van der Waals surface area contributed by atoms with E-state index in [1.54, 1.807) is 17.9 Å². The van der Waals surface area contributed by atoms with E-state index in [4.69, 9.17) is 5.73 Å². The van der Waals surface area contributed by atoms with Gasteiger partial charge in [0, 0.05) is 43.7 Å². The highest BCUT2D eigenvalue weighted by Gasteiger charge is 2.50. The molecular formula is C34H39F8N3O3. The molecule has 1 aliphatic rings. The Morgan fingerprint density at radius 2 is 1.46 bits per heavy atom. The lowest BCUT2D eigenvalue weighted by Gasteiger charge is -2.45. The number of carbonyl (C=O) groups excluding carboxylic acids is 2. The number of nitrogens with one attached hydrogen (secondary N) is 1. The van der Waals surface area contributed by atoms with Crippen LogP contribution >= 0.6 is 0 Å². The van der Waals surface area contributed by atoms with Gasteiger partial charge in [0.2, 0.25) is 11.8 Å². The van der Waals surface area contributed by atoms with Crippen molar-refractivity contribution in [3.8, 4) is 0 Å². The monoisotopic (exact) mass is 689 g/mol. The van der Waals surface area contributed by atoms with Crippen molar-refractivity contribution >= 4 is 11.8 Å². The highest BCUT2D eigenvalue weighted by Crippen LogP contribution is 2.46. The van der Waals surface area contributed by atoms with Crippen LogP contribution < -0.4 is 11.1 Å². The first-order chi connectivity index (χ1) is 22.3. The number of allylic oxidation sites excluding steroid dienone is 2. The predicted octanol–water partition coefficient (Wildman–Crippen LogP) is 6.71. The number of nitrogens with two attached hydrogens (primary N) is 1. The Morgan fingerprint density at radius 3 is 1.94 bits per heavy atom. The van der Waals surface area contributed by atoms with Gasteiger partial charge in [0.05, 0.1) is 22.6 Å². The second-order valence-electron chi connectivity index (χ2n) is 12.1. The van der Waals surface area contributed by atoms with E-state index in [9.17, 15) is 49.8 Å². The predicted molar refractivity (Wildman–Crippen MR) is 163 cm³/mol. The van der Waals surface area contributed by atoms with Crippen LogP contribution in [0.25, 0.3) is 0 Å². The number of hydrogen-bond acceptors (Lipinski definition) is 4. The zero-order valence-corrected chi connectivity index (χ0v) is 26.7. The fourth-order valence-electron chi connectivity index (χ4n) is 6.25. The molecule has 2 unspecified atom stereocenters. The number of carbonyl (C=O) groups is 2. The van der Waals surface area contributed by atoms with Crippen LogP contribution in [0.5, 0.6) is 0 Å². The molecule has 3 atom stereocenters. The number of aliphatic hydroxyl groups excluding tert-OH is 1. The molecule has 48 heavy (non-hydrogen) atoms. The summed E-state index contributed by atoms with van der Waals surface area (Å²) >= 11 is 0. The molecule has 3 rings (SSSR count). The zero-order valence-electron chi connectivity index (χ0n) is 26.7. The van der Waals surface area contributed by atoms with Crippen molar-refractivity contribution < 1.29 is 49.8 Å². The number of hydrogen-bond donors (Lipinski definition) is 3. The summed E-state index contributed by atoms with van der Waals surface area (Å²) in [5.74, 6) is -4.36. The highest BCUT2D eigenvalue weighted by molar-refractivity contribution is 5.96. The van der Waals surface area contributed by atoms with Crippen LogP contribution in [-0.2, 0) is 34.9 Å². The average Bonchev–Trinajstić information content (AvgIpc) is 2.97. The number of halogens is 8. The number of benzene rings is 2. The van der Waals surface area contributed by atoms with Crippen molar-refractivity contribution in [1.82, 2.24) is 10.2 Å². The van der Waals surface area contributed by atoms with Crippen molar-refractivity contribution in [3.63, 3.8) is 0 Å². The van der Waals surface area contributed by atoms with E-state index in [2.05, 4.69) is 5.32 Å². The molecule has 14 heteroatoms. The van der Waals surface area contributed by atoms with Gasteiger partial charge in [-0.25, -0.2) is 8.78 Å². The summed E-state index contributed by atoms with van der Waals surface area (Å²) in [6, 6.07) is 3.80. The molecule has 1 aliphatic carbocycles. The molecule has 0 saturated carbocycles. The molecule has 0 bridgehead atoms. The van der Waals surface area contributed by atoms with Gasteiger partial charge in [-0.2, -0.15) is 26.3 Å². The summed E-state index contributed by atoms with van der Waals surface area (Å²) in [6.45, 7) is 4.94. The fourth-order valence-corrected chi connectivity index (χ4v) is 6.25. The number of rotatable bonds is 14. The number of nitrogens with zero attached hydrogens (tertiary/aromatic N) is 1. The Labute approximate surface area is 273 Å². The molecule has 0 radical (unpaired) electrons. The summed E-state index contributed by atoms with van der Waals surface area (Å²) in [6.07, 6.45) is -8.08. The maximum atomic E-state index is 14.6. The molecule has 0 aromatic heterocycles. The lowest BCUT2D eigenvalue weighted by molar-refractivity contribution is -0.145. The molecule has 0 fully saturated rings. The molecule has 2 aromatic rings. The van der Waals surface area contributed by atoms with E-state index >= 15 is 0 Å². The van der Waals surface area contributed by atoms with E-state index < -0.39 is 77.5 Å². The molecular weight excluding hydrogens is 650 g/mol. The lowest BCUT2D eigenvalue weighted by atomic mass is 9.63. The SMILES string of the molecule is CCCN(CCC)C(=O)C1([C@@H](Cc2cc(F)cc(F)c2)C(O)CNCc2cc(C(F)(F)F)cc(C(F)(F)F)c2)C=C(C)C=C(C(N)=O)C1. The van der Waals surface area contributed by atoms with Crippen LogP contribution in [0, 0.1) is 23.0 Å². The van der Waals surface area contributed by atoms with Gasteiger partial charge in [0.25, 0.3) is 0 Å². The minimum atomic E-state index is -5.06. The molecule has 6 nitrogen and oxygen atoms in total. The smallest absolute Gasteiger partial charge is 0.391 e. The molecule has 2 amide bonds. The topological polar surface area (TPSA) is 95.7 Å². The maximum absolute atomic E-state index is 14.6. The highest BCUT2D eigenvalue weighted by atomic mass is 19.4. The first kappa shape index (κ1) is 38.7. The number of amides is 2. The van der Waals surface area contributed by atoms with Gasteiger partial charge in [-0.3, -0.25) is 9.59 Å². The Bertz CT molecular complexity index is 1480. The van der Waals surface area contributed by atoms with Gasteiger partial charge in [0.1, 0.15) is 11.6 Å². The van der Waals surface area contributed by atoms with Gasteiger partial charge in [0.15, 0.2) is 0 Å². The average molecular weight is 690 g/mol. The maximum Gasteiger partial charge on any atom is 0.416 e. The molecule has 0 saturated heterocycles. The number of alkyl halides is 6. The third-order valence-corrected chi connectivity index (χ3v) is 8.19.